The predicted molar refractivity (Wildman–Crippen MR) is 136 cm³/mol. The molecule has 0 radical (unpaired) electrons. The first-order chi connectivity index (χ1) is 15.6. The van der Waals surface area contributed by atoms with E-state index in [-0.39, 0.29) is 17.7 Å². The Bertz CT molecular complexity index is 808. The number of aromatic nitrogens is 2. The van der Waals surface area contributed by atoms with E-state index in [2.05, 4.69) is 33.9 Å². The van der Waals surface area contributed by atoms with Gasteiger partial charge in [0, 0.05) is 18.9 Å². The van der Waals surface area contributed by atoms with Gasteiger partial charge in [-0.3, -0.25) is 19.6 Å². The number of benzene rings is 1. The van der Waals surface area contributed by atoms with Crippen molar-refractivity contribution in [2.24, 2.45) is 7.05 Å². The van der Waals surface area contributed by atoms with E-state index in [1.165, 1.54) is 5.56 Å². The van der Waals surface area contributed by atoms with Crippen LogP contribution in [0.2, 0.25) is 0 Å². The van der Waals surface area contributed by atoms with Crippen molar-refractivity contribution in [3.63, 3.8) is 0 Å². The Morgan fingerprint density at radius 3 is 2.06 bits per heavy atom. The average molecular weight is 447 g/mol. The van der Waals surface area contributed by atoms with Gasteiger partial charge in [-0.2, -0.15) is 5.10 Å². The molecular formula is C26H46N4O2. The molecule has 0 bridgehead atoms. The van der Waals surface area contributed by atoms with Crippen LogP contribution in [0.25, 0.3) is 10.9 Å². The summed E-state index contributed by atoms with van der Waals surface area (Å²) in [5.74, 6) is -0.168. The molecule has 2 aromatic rings. The molecule has 0 spiro atoms. The van der Waals surface area contributed by atoms with Gasteiger partial charge in [0.2, 0.25) is 11.8 Å². The van der Waals surface area contributed by atoms with Crippen LogP contribution in [0.15, 0.2) is 18.2 Å². The van der Waals surface area contributed by atoms with E-state index in [4.69, 9.17) is 0 Å². The number of amides is 2. The van der Waals surface area contributed by atoms with Crippen LogP contribution in [0, 0.1) is 0 Å². The molecule has 2 fully saturated rings. The highest BCUT2D eigenvalue weighted by Gasteiger charge is 2.31. The fourth-order valence-electron chi connectivity index (χ4n) is 3.92. The Kier molecular flexibility index (Phi) is 15.3. The minimum absolute atomic E-state index is 0.190. The zero-order chi connectivity index (χ0) is 24.7. The summed E-state index contributed by atoms with van der Waals surface area (Å²) in [7, 11) is 1.92. The van der Waals surface area contributed by atoms with Crippen LogP contribution >= 0.6 is 0 Å². The summed E-state index contributed by atoms with van der Waals surface area (Å²) in [5.41, 5.74) is 3.20. The molecule has 3 heterocycles. The molecule has 2 N–H and O–H groups in total. The third-order valence-electron chi connectivity index (χ3n) is 5.28. The lowest BCUT2D eigenvalue weighted by atomic mass is 9.88. The molecule has 182 valence electrons. The lowest BCUT2D eigenvalue weighted by Crippen LogP contribution is -2.39. The normalized spacial score (nSPS) is 17.8. The van der Waals surface area contributed by atoms with E-state index in [0.29, 0.717) is 18.8 Å². The van der Waals surface area contributed by atoms with E-state index < -0.39 is 0 Å². The summed E-state index contributed by atoms with van der Waals surface area (Å²) in [6.45, 7) is 18.1. The van der Waals surface area contributed by atoms with Gasteiger partial charge in [-0.1, -0.05) is 67.5 Å². The minimum atomic E-state index is -0.337. The highest BCUT2D eigenvalue weighted by molar-refractivity contribution is 6.02. The van der Waals surface area contributed by atoms with Gasteiger partial charge in [-0.05, 0) is 49.9 Å². The molecule has 4 rings (SSSR count). The maximum Gasteiger partial charge on any atom is 0.235 e. The Balaban J connectivity index is 0.00000109. The first-order valence-electron chi connectivity index (χ1n) is 12.6. The number of imide groups is 1. The van der Waals surface area contributed by atoms with Crippen LogP contribution in [0.1, 0.15) is 104 Å². The van der Waals surface area contributed by atoms with Gasteiger partial charge >= 0.3 is 0 Å². The van der Waals surface area contributed by atoms with Gasteiger partial charge in [0.25, 0.3) is 0 Å². The Morgan fingerprint density at radius 2 is 1.50 bits per heavy atom. The molecule has 0 saturated carbocycles. The molecule has 6 heteroatoms. The maximum atomic E-state index is 12.2. The SMILES string of the molecule is CC.CC.CC.CC.Cn1nc(C2CCC(=O)NC2=O)c2ccc(C3CCNCC3)cc21. The van der Waals surface area contributed by atoms with Crippen LogP contribution in [0.3, 0.4) is 0 Å². The van der Waals surface area contributed by atoms with Gasteiger partial charge in [0.05, 0.1) is 17.1 Å². The van der Waals surface area contributed by atoms with Crippen LogP contribution < -0.4 is 10.6 Å². The molecule has 6 nitrogen and oxygen atoms in total. The zero-order valence-electron chi connectivity index (χ0n) is 21.8. The van der Waals surface area contributed by atoms with Crippen LogP contribution in [0.4, 0.5) is 0 Å². The van der Waals surface area contributed by atoms with Crippen molar-refractivity contribution in [2.45, 2.75) is 92.9 Å². The number of carbonyl (C=O) groups is 2. The third-order valence-corrected chi connectivity index (χ3v) is 5.28. The number of hydrogen-bond acceptors (Lipinski definition) is 4. The number of rotatable bonds is 2. The first kappa shape index (κ1) is 29.8. The molecular weight excluding hydrogens is 400 g/mol. The van der Waals surface area contributed by atoms with Crippen molar-refractivity contribution in [1.82, 2.24) is 20.4 Å². The van der Waals surface area contributed by atoms with E-state index >= 15 is 0 Å². The van der Waals surface area contributed by atoms with E-state index in [9.17, 15) is 9.59 Å². The van der Waals surface area contributed by atoms with Crippen molar-refractivity contribution >= 4 is 22.7 Å². The molecule has 2 amide bonds. The lowest BCUT2D eigenvalue weighted by Gasteiger charge is -2.23. The standard InChI is InChI=1S/C18H22N4O2.4C2H6/c1-22-15-10-12(11-6-8-19-9-7-11)2-3-13(15)17(21-22)14-4-5-16(23)20-18(14)24;4*1-2/h2-3,10-11,14,19H,4-9H2,1H3,(H,20,23,24);4*1-2H3. The highest BCUT2D eigenvalue weighted by Crippen LogP contribution is 2.33. The smallest absolute Gasteiger partial charge is 0.235 e. The minimum Gasteiger partial charge on any atom is -0.317 e. The van der Waals surface area contributed by atoms with Gasteiger partial charge in [0.15, 0.2) is 0 Å². The Hall–Kier alpha value is -2.21. The molecule has 2 aliphatic rings. The Labute approximate surface area is 195 Å². The monoisotopic (exact) mass is 446 g/mol. The lowest BCUT2D eigenvalue weighted by molar-refractivity contribution is -0.134. The van der Waals surface area contributed by atoms with Crippen LogP contribution in [-0.2, 0) is 16.6 Å². The number of aryl methyl sites for hydroxylation is 1. The maximum absolute atomic E-state index is 12.2. The highest BCUT2D eigenvalue weighted by atomic mass is 16.2. The number of hydrogen-bond donors (Lipinski definition) is 2. The second kappa shape index (κ2) is 16.4. The summed E-state index contributed by atoms with van der Waals surface area (Å²) in [4.78, 5) is 23.6. The molecule has 0 aliphatic carbocycles. The summed E-state index contributed by atoms with van der Waals surface area (Å²) < 4.78 is 1.86. The molecule has 1 atom stereocenters. The summed E-state index contributed by atoms with van der Waals surface area (Å²) in [6.07, 6.45) is 3.22. The Morgan fingerprint density at radius 1 is 0.906 bits per heavy atom. The van der Waals surface area contributed by atoms with Crippen molar-refractivity contribution in [2.75, 3.05) is 13.1 Å². The van der Waals surface area contributed by atoms with Gasteiger partial charge in [0.1, 0.15) is 0 Å². The fraction of sp³-hybridized carbons (Fsp3) is 0.654. The summed E-state index contributed by atoms with van der Waals surface area (Å²) in [5, 5.41) is 11.5. The second-order valence-electron chi connectivity index (χ2n) is 6.81. The zero-order valence-corrected chi connectivity index (χ0v) is 21.8. The topological polar surface area (TPSA) is 76.0 Å². The quantitative estimate of drug-likeness (QED) is 0.583. The van der Waals surface area contributed by atoms with Crippen LogP contribution in [0.5, 0.6) is 0 Å². The molecule has 1 unspecified atom stereocenters. The van der Waals surface area contributed by atoms with Crippen molar-refractivity contribution in [1.29, 1.82) is 0 Å². The number of piperidine rings is 2. The van der Waals surface area contributed by atoms with Gasteiger partial charge < -0.3 is 5.32 Å². The number of nitrogens with zero attached hydrogens (tertiary/aromatic N) is 2. The van der Waals surface area contributed by atoms with Crippen molar-refractivity contribution in [3.8, 4) is 0 Å². The largest absolute Gasteiger partial charge is 0.317 e. The predicted octanol–water partition coefficient (Wildman–Crippen LogP) is 5.67. The summed E-state index contributed by atoms with van der Waals surface area (Å²) >= 11 is 0. The average Bonchev–Trinajstić information content (AvgIpc) is 3.20. The van der Waals surface area contributed by atoms with Gasteiger partial charge in [-0.15, -0.1) is 0 Å². The van der Waals surface area contributed by atoms with Crippen molar-refractivity contribution in [3.05, 3.63) is 29.5 Å². The molecule has 1 aromatic heterocycles. The number of fused-ring (bicyclic) bond motifs is 1. The third kappa shape index (κ3) is 7.44. The molecule has 1 aromatic carbocycles. The number of carbonyl (C=O) groups excluding carboxylic acids is 2. The van der Waals surface area contributed by atoms with Crippen LogP contribution in [-0.4, -0.2) is 34.7 Å². The van der Waals surface area contributed by atoms with Crippen molar-refractivity contribution < 1.29 is 9.59 Å². The van der Waals surface area contributed by atoms with Gasteiger partial charge in [-0.25, -0.2) is 0 Å². The molecule has 2 saturated heterocycles. The summed E-state index contributed by atoms with van der Waals surface area (Å²) in [6, 6.07) is 6.49. The van der Waals surface area contributed by atoms with E-state index in [0.717, 1.165) is 42.5 Å². The molecule has 2 aliphatic heterocycles. The number of nitrogens with one attached hydrogen (secondary N) is 2. The van der Waals surface area contributed by atoms with E-state index in [1.54, 1.807) is 0 Å². The fourth-order valence-corrected chi connectivity index (χ4v) is 3.92. The van der Waals surface area contributed by atoms with E-state index in [1.807, 2.05) is 67.1 Å². The molecule has 32 heavy (non-hydrogen) atoms. The first-order valence-corrected chi connectivity index (χ1v) is 12.6. The second-order valence-corrected chi connectivity index (χ2v) is 6.81.